The Labute approximate surface area is 66.2 Å². The Bertz CT molecular complexity index is 260. The molecule has 0 bridgehead atoms. The molecule has 3 heteroatoms. The summed E-state index contributed by atoms with van der Waals surface area (Å²) in [5.41, 5.74) is 7.16. The predicted octanol–water partition coefficient (Wildman–Crippen LogP) is 0.851. The molecule has 1 fully saturated rings. The van der Waals surface area contributed by atoms with Crippen LogP contribution in [0.1, 0.15) is 25.3 Å². The lowest BCUT2D eigenvalue weighted by atomic mass is 10.1. The van der Waals surface area contributed by atoms with Crippen molar-refractivity contribution >= 4 is 0 Å². The first-order chi connectivity index (χ1) is 5.24. The SMILES string of the molecule is CCn1cc(C2(N)CC2)cn1. The normalized spacial score (nSPS) is 20.2. The lowest BCUT2D eigenvalue weighted by molar-refractivity contribution is 0.656. The molecule has 0 amide bonds. The van der Waals surface area contributed by atoms with Crippen molar-refractivity contribution in [2.45, 2.75) is 31.8 Å². The number of aromatic nitrogens is 2. The van der Waals surface area contributed by atoms with Crippen molar-refractivity contribution in [3.63, 3.8) is 0 Å². The van der Waals surface area contributed by atoms with Gasteiger partial charge >= 0.3 is 0 Å². The maximum atomic E-state index is 5.98. The maximum Gasteiger partial charge on any atom is 0.0540 e. The highest BCUT2D eigenvalue weighted by atomic mass is 15.3. The van der Waals surface area contributed by atoms with Crippen LogP contribution >= 0.6 is 0 Å². The van der Waals surface area contributed by atoms with Crippen LogP contribution in [0.5, 0.6) is 0 Å². The van der Waals surface area contributed by atoms with Gasteiger partial charge in [-0.2, -0.15) is 5.10 Å². The van der Waals surface area contributed by atoms with Gasteiger partial charge < -0.3 is 5.73 Å². The summed E-state index contributed by atoms with van der Waals surface area (Å²) >= 11 is 0. The van der Waals surface area contributed by atoms with Crippen LogP contribution in [0, 0.1) is 0 Å². The van der Waals surface area contributed by atoms with E-state index in [1.165, 1.54) is 5.56 Å². The van der Waals surface area contributed by atoms with E-state index in [0.29, 0.717) is 0 Å². The molecule has 60 valence electrons. The second kappa shape index (κ2) is 2.08. The molecule has 0 saturated heterocycles. The minimum absolute atomic E-state index is 0.0204. The van der Waals surface area contributed by atoms with Crippen molar-refractivity contribution in [1.29, 1.82) is 0 Å². The molecule has 1 heterocycles. The Kier molecular flexibility index (Phi) is 1.29. The Balaban J connectivity index is 2.25. The number of hydrogen-bond acceptors (Lipinski definition) is 2. The third-order valence-corrected chi connectivity index (χ3v) is 2.32. The van der Waals surface area contributed by atoms with Crippen LogP contribution in [-0.2, 0) is 12.1 Å². The molecule has 0 aromatic carbocycles. The van der Waals surface area contributed by atoms with E-state index in [9.17, 15) is 0 Å². The van der Waals surface area contributed by atoms with E-state index in [1.54, 1.807) is 0 Å². The standard InChI is InChI=1S/C8H13N3/c1-2-11-6-7(5-10-11)8(9)3-4-8/h5-6H,2-4,9H2,1H3. The number of aryl methyl sites for hydroxylation is 1. The van der Waals surface area contributed by atoms with E-state index in [0.717, 1.165) is 19.4 Å². The van der Waals surface area contributed by atoms with Crippen LogP contribution in [0.2, 0.25) is 0 Å². The first kappa shape index (κ1) is 6.85. The van der Waals surface area contributed by atoms with Crippen molar-refractivity contribution in [1.82, 2.24) is 9.78 Å². The molecule has 2 rings (SSSR count). The average molecular weight is 151 g/mol. The summed E-state index contributed by atoms with van der Waals surface area (Å²) in [5, 5.41) is 4.18. The van der Waals surface area contributed by atoms with Crippen LogP contribution in [0.25, 0.3) is 0 Å². The molecule has 1 aliphatic carbocycles. The Morgan fingerprint density at radius 3 is 2.91 bits per heavy atom. The van der Waals surface area contributed by atoms with Gasteiger partial charge in [-0.25, -0.2) is 0 Å². The molecular weight excluding hydrogens is 138 g/mol. The summed E-state index contributed by atoms with van der Waals surface area (Å²) in [6.45, 7) is 3.00. The number of nitrogens with zero attached hydrogens (tertiary/aromatic N) is 2. The topological polar surface area (TPSA) is 43.8 Å². The first-order valence-corrected chi connectivity index (χ1v) is 4.06. The van der Waals surface area contributed by atoms with Crippen molar-refractivity contribution in [2.75, 3.05) is 0 Å². The molecule has 0 aliphatic heterocycles. The van der Waals surface area contributed by atoms with Gasteiger partial charge in [0.2, 0.25) is 0 Å². The van der Waals surface area contributed by atoms with Crippen molar-refractivity contribution < 1.29 is 0 Å². The fraction of sp³-hybridized carbons (Fsp3) is 0.625. The smallest absolute Gasteiger partial charge is 0.0540 e. The Morgan fingerprint density at radius 2 is 2.45 bits per heavy atom. The van der Waals surface area contributed by atoms with Crippen LogP contribution < -0.4 is 5.73 Å². The molecule has 0 unspecified atom stereocenters. The molecule has 1 aliphatic rings. The zero-order chi connectivity index (χ0) is 7.90. The number of hydrogen-bond donors (Lipinski definition) is 1. The predicted molar refractivity (Wildman–Crippen MR) is 43.0 cm³/mol. The molecule has 0 spiro atoms. The van der Waals surface area contributed by atoms with E-state index >= 15 is 0 Å². The zero-order valence-corrected chi connectivity index (χ0v) is 6.75. The third kappa shape index (κ3) is 1.05. The summed E-state index contributed by atoms with van der Waals surface area (Å²) in [5.74, 6) is 0. The van der Waals surface area contributed by atoms with Gasteiger partial charge in [-0.15, -0.1) is 0 Å². The van der Waals surface area contributed by atoms with Crippen LogP contribution in [0.4, 0.5) is 0 Å². The third-order valence-electron chi connectivity index (χ3n) is 2.32. The fourth-order valence-corrected chi connectivity index (χ4v) is 1.22. The van der Waals surface area contributed by atoms with E-state index in [1.807, 2.05) is 17.1 Å². The van der Waals surface area contributed by atoms with E-state index in [-0.39, 0.29) is 5.54 Å². The first-order valence-electron chi connectivity index (χ1n) is 4.06. The molecule has 2 N–H and O–H groups in total. The van der Waals surface area contributed by atoms with E-state index in [2.05, 4.69) is 12.0 Å². The van der Waals surface area contributed by atoms with Gasteiger partial charge in [0.05, 0.1) is 6.20 Å². The average Bonchev–Trinajstić information content (AvgIpc) is 2.61. The monoisotopic (exact) mass is 151 g/mol. The molecular formula is C8H13N3. The summed E-state index contributed by atoms with van der Waals surface area (Å²) in [7, 11) is 0. The van der Waals surface area contributed by atoms with Crippen LogP contribution in [-0.4, -0.2) is 9.78 Å². The van der Waals surface area contributed by atoms with Crippen LogP contribution in [0.3, 0.4) is 0 Å². The molecule has 0 atom stereocenters. The van der Waals surface area contributed by atoms with Crippen molar-refractivity contribution in [2.24, 2.45) is 5.73 Å². The van der Waals surface area contributed by atoms with Gasteiger partial charge in [0.25, 0.3) is 0 Å². The van der Waals surface area contributed by atoms with Gasteiger partial charge in [0.15, 0.2) is 0 Å². The molecule has 3 nitrogen and oxygen atoms in total. The highest BCUT2D eigenvalue weighted by Crippen LogP contribution is 2.42. The van der Waals surface area contributed by atoms with Gasteiger partial charge in [-0.3, -0.25) is 4.68 Å². The van der Waals surface area contributed by atoms with Gasteiger partial charge in [-0.05, 0) is 19.8 Å². The van der Waals surface area contributed by atoms with Crippen LogP contribution in [0.15, 0.2) is 12.4 Å². The Hall–Kier alpha value is -0.830. The lowest BCUT2D eigenvalue weighted by Gasteiger charge is -2.02. The number of nitrogens with two attached hydrogens (primary N) is 1. The number of rotatable bonds is 2. The molecule has 1 saturated carbocycles. The largest absolute Gasteiger partial charge is 0.321 e. The van der Waals surface area contributed by atoms with Gasteiger partial charge in [0, 0.05) is 23.8 Å². The van der Waals surface area contributed by atoms with Crippen molar-refractivity contribution in [3.8, 4) is 0 Å². The molecule has 11 heavy (non-hydrogen) atoms. The maximum absolute atomic E-state index is 5.98. The zero-order valence-electron chi connectivity index (χ0n) is 6.75. The van der Waals surface area contributed by atoms with Gasteiger partial charge in [0.1, 0.15) is 0 Å². The second-order valence-corrected chi connectivity index (χ2v) is 3.24. The minimum atomic E-state index is -0.0204. The fourth-order valence-electron chi connectivity index (χ4n) is 1.22. The van der Waals surface area contributed by atoms with E-state index < -0.39 is 0 Å². The molecule has 1 aromatic heterocycles. The summed E-state index contributed by atoms with van der Waals surface area (Å²) in [6.07, 6.45) is 6.16. The van der Waals surface area contributed by atoms with E-state index in [4.69, 9.17) is 5.73 Å². The molecule has 0 radical (unpaired) electrons. The lowest BCUT2D eigenvalue weighted by Crippen LogP contribution is -2.17. The molecule has 1 aromatic rings. The highest BCUT2D eigenvalue weighted by molar-refractivity contribution is 5.24. The summed E-state index contributed by atoms with van der Waals surface area (Å²) < 4.78 is 1.92. The van der Waals surface area contributed by atoms with Gasteiger partial charge in [-0.1, -0.05) is 0 Å². The summed E-state index contributed by atoms with van der Waals surface area (Å²) in [6, 6.07) is 0. The Morgan fingerprint density at radius 1 is 1.73 bits per heavy atom. The quantitative estimate of drug-likeness (QED) is 0.681. The second-order valence-electron chi connectivity index (χ2n) is 3.24. The highest BCUT2D eigenvalue weighted by Gasteiger charge is 2.40. The summed E-state index contributed by atoms with van der Waals surface area (Å²) in [4.78, 5) is 0. The van der Waals surface area contributed by atoms with Crippen molar-refractivity contribution in [3.05, 3.63) is 18.0 Å². The minimum Gasteiger partial charge on any atom is -0.321 e.